The SMILES string of the molecule is C=CN(C=NC)CCCNC. The first-order chi connectivity index (χ1) is 5.35. The summed E-state index contributed by atoms with van der Waals surface area (Å²) < 4.78 is 0. The van der Waals surface area contributed by atoms with Gasteiger partial charge in [0.05, 0.1) is 6.34 Å². The molecular formula is C8H17N3. The molecule has 0 aromatic rings. The van der Waals surface area contributed by atoms with E-state index in [1.54, 1.807) is 19.6 Å². The molecule has 0 saturated carbocycles. The van der Waals surface area contributed by atoms with Crippen molar-refractivity contribution in [2.75, 3.05) is 27.2 Å². The van der Waals surface area contributed by atoms with Gasteiger partial charge < -0.3 is 10.2 Å². The number of aliphatic imine (C=N–C) groups is 1. The van der Waals surface area contributed by atoms with Crippen LogP contribution in [0.2, 0.25) is 0 Å². The van der Waals surface area contributed by atoms with Crippen molar-refractivity contribution < 1.29 is 0 Å². The van der Waals surface area contributed by atoms with Crippen molar-refractivity contribution in [2.24, 2.45) is 4.99 Å². The standard InChI is InChI=1S/C8H17N3/c1-4-11(8-10-3)7-5-6-9-2/h4,8-9H,1,5-7H2,2-3H3. The molecule has 0 aliphatic rings. The fourth-order valence-corrected chi connectivity index (χ4v) is 0.783. The molecule has 0 heterocycles. The van der Waals surface area contributed by atoms with Crippen molar-refractivity contribution in [2.45, 2.75) is 6.42 Å². The summed E-state index contributed by atoms with van der Waals surface area (Å²) in [5, 5.41) is 3.08. The average molecular weight is 155 g/mol. The summed E-state index contributed by atoms with van der Waals surface area (Å²) in [7, 11) is 3.71. The molecule has 11 heavy (non-hydrogen) atoms. The van der Waals surface area contributed by atoms with E-state index in [1.165, 1.54) is 0 Å². The molecule has 0 saturated heterocycles. The van der Waals surface area contributed by atoms with Crippen molar-refractivity contribution in [1.82, 2.24) is 10.2 Å². The highest BCUT2D eigenvalue weighted by Crippen LogP contribution is 1.86. The third-order valence-corrected chi connectivity index (χ3v) is 1.34. The van der Waals surface area contributed by atoms with Crippen molar-refractivity contribution in [3.63, 3.8) is 0 Å². The van der Waals surface area contributed by atoms with E-state index in [-0.39, 0.29) is 0 Å². The summed E-state index contributed by atoms with van der Waals surface area (Å²) in [5.41, 5.74) is 0. The Kier molecular flexibility index (Phi) is 6.73. The lowest BCUT2D eigenvalue weighted by atomic mass is 10.4. The molecule has 0 spiro atoms. The van der Waals surface area contributed by atoms with E-state index in [0.29, 0.717) is 0 Å². The van der Waals surface area contributed by atoms with E-state index >= 15 is 0 Å². The molecule has 0 unspecified atom stereocenters. The van der Waals surface area contributed by atoms with Gasteiger partial charge in [-0.1, -0.05) is 6.58 Å². The molecule has 0 bridgehead atoms. The highest BCUT2D eigenvalue weighted by molar-refractivity contribution is 5.55. The van der Waals surface area contributed by atoms with Crippen molar-refractivity contribution >= 4 is 6.34 Å². The highest BCUT2D eigenvalue weighted by Gasteiger charge is 1.91. The zero-order valence-corrected chi connectivity index (χ0v) is 7.38. The zero-order chi connectivity index (χ0) is 8.53. The predicted molar refractivity (Wildman–Crippen MR) is 49.9 cm³/mol. The second-order valence-electron chi connectivity index (χ2n) is 2.25. The fourth-order valence-electron chi connectivity index (χ4n) is 0.783. The molecule has 3 nitrogen and oxygen atoms in total. The lowest BCUT2D eigenvalue weighted by Gasteiger charge is -2.12. The molecule has 64 valence electrons. The van der Waals surface area contributed by atoms with Crippen LogP contribution in [0, 0.1) is 0 Å². The van der Waals surface area contributed by atoms with Gasteiger partial charge in [0.2, 0.25) is 0 Å². The number of hydrogen-bond acceptors (Lipinski definition) is 2. The molecule has 0 radical (unpaired) electrons. The Bertz CT molecular complexity index is 121. The molecule has 0 amide bonds. The molecule has 0 aliphatic carbocycles. The average Bonchev–Trinajstić information content (AvgIpc) is 2.03. The van der Waals surface area contributed by atoms with Gasteiger partial charge in [-0.3, -0.25) is 4.99 Å². The summed E-state index contributed by atoms with van der Waals surface area (Å²) in [4.78, 5) is 5.86. The second-order valence-corrected chi connectivity index (χ2v) is 2.25. The molecule has 0 rings (SSSR count). The number of hydrogen-bond donors (Lipinski definition) is 1. The topological polar surface area (TPSA) is 27.6 Å². The van der Waals surface area contributed by atoms with E-state index in [0.717, 1.165) is 19.5 Å². The van der Waals surface area contributed by atoms with Crippen LogP contribution in [0.3, 0.4) is 0 Å². The van der Waals surface area contributed by atoms with Crippen LogP contribution in [0.15, 0.2) is 17.8 Å². The number of nitrogens with one attached hydrogen (secondary N) is 1. The molecule has 0 aromatic heterocycles. The molecule has 3 heteroatoms. The van der Waals surface area contributed by atoms with Crippen LogP contribution < -0.4 is 5.32 Å². The van der Waals surface area contributed by atoms with E-state index in [2.05, 4.69) is 16.9 Å². The largest absolute Gasteiger partial charge is 0.340 e. The minimum absolute atomic E-state index is 0.974. The first-order valence-electron chi connectivity index (χ1n) is 3.80. The van der Waals surface area contributed by atoms with Crippen LogP contribution in [0.5, 0.6) is 0 Å². The second kappa shape index (κ2) is 7.28. The number of rotatable bonds is 6. The van der Waals surface area contributed by atoms with Crippen molar-refractivity contribution in [3.05, 3.63) is 12.8 Å². The lowest BCUT2D eigenvalue weighted by Crippen LogP contribution is -2.20. The van der Waals surface area contributed by atoms with Gasteiger partial charge in [-0.15, -0.1) is 0 Å². The Morgan fingerprint density at radius 3 is 2.82 bits per heavy atom. The Hall–Kier alpha value is -0.830. The third-order valence-electron chi connectivity index (χ3n) is 1.34. The third kappa shape index (κ3) is 5.61. The highest BCUT2D eigenvalue weighted by atomic mass is 15.1. The van der Waals surface area contributed by atoms with Gasteiger partial charge in [-0.25, -0.2) is 0 Å². The Morgan fingerprint density at radius 2 is 2.36 bits per heavy atom. The summed E-state index contributed by atoms with van der Waals surface area (Å²) in [6.45, 7) is 5.68. The summed E-state index contributed by atoms with van der Waals surface area (Å²) in [6, 6.07) is 0. The molecular weight excluding hydrogens is 138 g/mol. The zero-order valence-electron chi connectivity index (χ0n) is 7.38. The van der Waals surface area contributed by atoms with Gasteiger partial charge in [0.15, 0.2) is 0 Å². The van der Waals surface area contributed by atoms with Crippen LogP contribution >= 0.6 is 0 Å². The smallest absolute Gasteiger partial charge is 0.0885 e. The van der Waals surface area contributed by atoms with Gasteiger partial charge in [-0.2, -0.15) is 0 Å². The van der Waals surface area contributed by atoms with Crippen molar-refractivity contribution in [3.8, 4) is 0 Å². The molecule has 0 fully saturated rings. The van der Waals surface area contributed by atoms with Gasteiger partial charge in [0.25, 0.3) is 0 Å². The fraction of sp³-hybridized carbons (Fsp3) is 0.625. The Morgan fingerprint density at radius 1 is 1.64 bits per heavy atom. The normalized spacial score (nSPS) is 10.4. The molecule has 0 atom stereocenters. The van der Waals surface area contributed by atoms with Crippen LogP contribution in [0.1, 0.15) is 6.42 Å². The van der Waals surface area contributed by atoms with Gasteiger partial charge in [-0.05, 0) is 26.2 Å². The minimum atomic E-state index is 0.974. The van der Waals surface area contributed by atoms with Crippen LogP contribution in [0.25, 0.3) is 0 Å². The van der Waals surface area contributed by atoms with Gasteiger partial charge in [0.1, 0.15) is 0 Å². The first kappa shape index (κ1) is 10.2. The molecule has 0 aliphatic heterocycles. The summed E-state index contributed by atoms with van der Waals surface area (Å²) in [6.07, 6.45) is 4.67. The van der Waals surface area contributed by atoms with Crippen LogP contribution in [-0.4, -0.2) is 38.4 Å². The maximum atomic E-state index is 3.89. The first-order valence-corrected chi connectivity index (χ1v) is 3.80. The quantitative estimate of drug-likeness (QED) is 0.347. The van der Waals surface area contributed by atoms with E-state index in [4.69, 9.17) is 0 Å². The predicted octanol–water partition coefficient (Wildman–Crippen LogP) is 0.700. The summed E-state index contributed by atoms with van der Waals surface area (Å²) in [5.74, 6) is 0. The van der Waals surface area contributed by atoms with Crippen LogP contribution in [-0.2, 0) is 0 Å². The molecule has 0 aromatic carbocycles. The van der Waals surface area contributed by atoms with Crippen LogP contribution in [0.4, 0.5) is 0 Å². The Balaban J connectivity index is 3.44. The van der Waals surface area contributed by atoms with Gasteiger partial charge in [0, 0.05) is 13.6 Å². The molecule has 1 N–H and O–H groups in total. The lowest BCUT2D eigenvalue weighted by molar-refractivity contribution is 0.535. The van der Waals surface area contributed by atoms with E-state index < -0.39 is 0 Å². The maximum absolute atomic E-state index is 3.89. The number of nitrogens with zero attached hydrogens (tertiary/aromatic N) is 2. The maximum Gasteiger partial charge on any atom is 0.0885 e. The minimum Gasteiger partial charge on any atom is -0.340 e. The summed E-state index contributed by atoms with van der Waals surface area (Å²) >= 11 is 0. The van der Waals surface area contributed by atoms with Gasteiger partial charge >= 0.3 is 0 Å². The monoisotopic (exact) mass is 155 g/mol. The Labute approximate surface area is 68.8 Å². The van der Waals surface area contributed by atoms with E-state index in [1.807, 2.05) is 11.9 Å². The van der Waals surface area contributed by atoms with E-state index in [9.17, 15) is 0 Å². The van der Waals surface area contributed by atoms with Crippen molar-refractivity contribution in [1.29, 1.82) is 0 Å².